The Bertz CT molecular complexity index is 1450. The molecule has 5 aromatic rings. The molecular formula is C25H17ClFN5. The van der Waals surface area contributed by atoms with Crippen molar-refractivity contribution in [2.75, 3.05) is 12.4 Å². The minimum absolute atomic E-state index is 0.317. The number of nitrogens with one attached hydrogen (secondary N) is 1. The lowest BCUT2D eigenvalue weighted by Gasteiger charge is -2.12. The Labute approximate surface area is 189 Å². The third-order valence-electron chi connectivity index (χ3n) is 5.19. The number of rotatable bonds is 4. The highest BCUT2D eigenvalue weighted by atomic mass is 35.5. The maximum absolute atomic E-state index is 14.6. The number of nitrogens with zero attached hydrogens (tertiary/aromatic N) is 4. The van der Waals surface area contributed by atoms with E-state index >= 15 is 0 Å². The second-order valence-electron chi connectivity index (χ2n) is 7.17. The van der Waals surface area contributed by atoms with Gasteiger partial charge >= 0.3 is 0 Å². The zero-order chi connectivity index (χ0) is 22.1. The fourth-order valence-electron chi connectivity index (χ4n) is 3.68. The fourth-order valence-corrected chi connectivity index (χ4v) is 3.85. The van der Waals surface area contributed by atoms with Gasteiger partial charge in [0.25, 0.3) is 0 Å². The molecule has 5 nitrogen and oxygen atoms in total. The van der Waals surface area contributed by atoms with E-state index in [4.69, 9.17) is 11.6 Å². The highest BCUT2D eigenvalue weighted by Crippen LogP contribution is 2.35. The van der Waals surface area contributed by atoms with Gasteiger partial charge in [0.1, 0.15) is 5.82 Å². The van der Waals surface area contributed by atoms with Gasteiger partial charge in [0.05, 0.1) is 17.1 Å². The van der Waals surface area contributed by atoms with Crippen LogP contribution < -0.4 is 5.32 Å². The summed E-state index contributed by atoms with van der Waals surface area (Å²) in [5.41, 5.74) is 5.52. The first-order valence-corrected chi connectivity index (χ1v) is 10.3. The number of benzene rings is 1. The largest absolute Gasteiger partial charge is 0.386 e. The standard InChI is InChI=1S/C25H17ClFN5/c1-28-22-5-3-8-30-24(22)16-10-15(13-29-14-16)19-12-23(20-11-17(26)6-7-21(20)27)32-25-18(19)4-2-9-31-25/h2-14,28H,1H3. The van der Waals surface area contributed by atoms with Gasteiger partial charge in [-0.15, -0.1) is 0 Å². The minimum atomic E-state index is -0.401. The number of anilines is 1. The van der Waals surface area contributed by atoms with Crippen molar-refractivity contribution in [2.24, 2.45) is 0 Å². The van der Waals surface area contributed by atoms with Crippen LogP contribution in [0.5, 0.6) is 0 Å². The SMILES string of the molecule is CNc1cccnc1-c1cncc(-c2cc(-c3cc(Cl)ccc3F)nc3ncccc23)c1. The molecule has 0 spiro atoms. The van der Waals surface area contributed by atoms with Crippen LogP contribution in [-0.4, -0.2) is 27.0 Å². The van der Waals surface area contributed by atoms with Crippen LogP contribution in [0.15, 0.2) is 79.4 Å². The number of pyridine rings is 4. The molecule has 0 radical (unpaired) electrons. The summed E-state index contributed by atoms with van der Waals surface area (Å²) in [5.74, 6) is -0.401. The zero-order valence-corrected chi connectivity index (χ0v) is 17.8. The van der Waals surface area contributed by atoms with Gasteiger partial charge < -0.3 is 5.32 Å². The van der Waals surface area contributed by atoms with Crippen LogP contribution in [0.3, 0.4) is 0 Å². The molecule has 0 atom stereocenters. The molecule has 7 heteroatoms. The summed E-state index contributed by atoms with van der Waals surface area (Å²) in [4.78, 5) is 18.0. The summed E-state index contributed by atoms with van der Waals surface area (Å²) in [7, 11) is 1.85. The second kappa shape index (κ2) is 8.32. The molecule has 0 bridgehead atoms. The number of aromatic nitrogens is 4. The normalized spacial score (nSPS) is 11.0. The van der Waals surface area contributed by atoms with Crippen molar-refractivity contribution in [1.29, 1.82) is 0 Å². The summed E-state index contributed by atoms with van der Waals surface area (Å²) in [6.07, 6.45) is 6.95. The molecule has 0 aliphatic rings. The number of halogens is 2. The highest BCUT2D eigenvalue weighted by Gasteiger charge is 2.15. The van der Waals surface area contributed by atoms with Gasteiger partial charge in [0, 0.05) is 58.9 Å². The first-order valence-electron chi connectivity index (χ1n) is 9.94. The number of hydrogen-bond acceptors (Lipinski definition) is 5. The van der Waals surface area contributed by atoms with E-state index in [1.54, 1.807) is 30.9 Å². The van der Waals surface area contributed by atoms with Crippen LogP contribution in [0, 0.1) is 5.82 Å². The van der Waals surface area contributed by atoms with Gasteiger partial charge in [0.2, 0.25) is 0 Å². The highest BCUT2D eigenvalue weighted by molar-refractivity contribution is 6.30. The van der Waals surface area contributed by atoms with E-state index in [-0.39, 0.29) is 0 Å². The van der Waals surface area contributed by atoms with Gasteiger partial charge in [-0.1, -0.05) is 11.6 Å². The van der Waals surface area contributed by atoms with E-state index in [2.05, 4.69) is 25.3 Å². The first kappa shape index (κ1) is 20.0. The predicted octanol–water partition coefficient (Wildman–Crippen LogP) is 6.26. The molecule has 0 saturated carbocycles. The molecule has 0 aliphatic carbocycles. The van der Waals surface area contributed by atoms with Crippen molar-refractivity contribution in [1.82, 2.24) is 19.9 Å². The number of fused-ring (bicyclic) bond motifs is 1. The predicted molar refractivity (Wildman–Crippen MR) is 126 cm³/mol. The van der Waals surface area contributed by atoms with E-state index in [1.807, 2.05) is 43.4 Å². The Morgan fingerprint density at radius 3 is 2.56 bits per heavy atom. The summed E-state index contributed by atoms with van der Waals surface area (Å²) in [6.45, 7) is 0. The molecule has 0 amide bonds. The average Bonchev–Trinajstić information content (AvgIpc) is 2.85. The van der Waals surface area contributed by atoms with Crippen LogP contribution in [0.25, 0.3) is 44.7 Å². The van der Waals surface area contributed by atoms with Gasteiger partial charge in [0.15, 0.2) is 5.65 Å². The van der Waals surface area contributed by atoms with Gasteiger partial charge in [-0.2, -0.15) is 0 Å². The van der Waals surface area contributed by atoms with Crippen molar-refractivity contribution >= 4 is 28.3 Å². The van der Waals surface area contributed by atoms with Crippen molar-refractivity contribution in [2.45, 2.75) is 0 Å². The average molecular weight is 442 g/mol. The summed E-state index contributed by atoms with van der Waals surface area (Å²) in [6, 6.07) is 15.9. The van der Waals surface area contributed by atoms with Crippen LogP contribution in [0.2, 0.25) is 5.02 Å². The Balaban J connectivity index is 1.73. The first-order chi connectivity index (χ1) is 15.6. The van der Waals surface area contributed by atoms with E-state index in [9.17, 15) is 4.39 Å². The van der Waals surface area contributed by atoms with E-state index < -0.39 is 5.82 Å². The van der Waals surface area contributed by atoms with Gasteiger partial charge in [-0.25, -0.2) is 14.4 Å². The molecule has 4 heterocycles. The smallest absolute Gasteiger partial charge is 0.160 e. The van der Waals surface area contributed by atoms with E-state index in [0.717, 1.165) is 33.5 Å². The van der Waals surface area contributed by atoms with Crippen LogP contribution >= 0.6 is 11.6 Å². The van der Waals surface area contributed by atoms with E-state index in [0.29, 0.717) is 21.9 Å². The minimum Gasteiger partial charge on any atom is -0.386 e. The molecule has 156 valence electrons. The van der Waals surface area contributed by atoms with Crippen molar-refractivity contribution in [3.05, 3.63) is 90.2 Å². The lowest BCUT2D eigenvalue weighted by Crippen LogP contribution is -1.96. The second-order valence-corrected chi connectivity index (χ2v) is 7.60. The third-order valence-corrected chi connectivity index (χ3v) is 5.42. The summed E-state index contributed by atoms with van der Waals surface area (Å²) >= 11 is 6.13. The molecular weight excluding hydrogens is 425 g/mol. The lowest BCUT2D eigenvalue weighted by atomic mass is 9.99. The fraction of sp³-hybridized carbons (Fsp3) is 0.0400. The molecule has 1 N–H and O–H groups in total. The molecule has 0 fully saturated rings. The monoisotopic (exact) mass is 441 g/mol. The van der Waals surface area contributed by atoms with Gasteiger partial charge in [-0.05, 0) is 60.2 Å². The lowest BCUT2D eigenvalue weighted by molar-refractivity contribution is 0.631. The molecule has 4 aromatic heterocycles. The molecule has 0 unspecified atom stereocenters. The van der Waals surface area contributed by atoms with Crippen molar-refractivity contribution in [3.8, 4) is 33.6 Å². The van der Waals surface area contributed by atoms with Gasteiger partial charge in [-0.3, -0.25) is 9.97 Å². The number of hydrogen-bond donors (Lipinski definition) is 1. The quantitative estimate of drug-likeness (QED) is 0.357. The van der Waals surface area contributed by atoms with Crippen LogP contribution in [0.1, 0.15) is 0 Å². The van der Waals surface area contributed by atoms with E-state index in [1.165, 1.54) is 12.1 Å². The molecule has 32 heavy (non-hydrogen) atoms. The maximum Gasteiger partial charge on any atom is 0.160 e. The third kappa shape index (κ3) is 3.65. The Morgan fingerprint density at radius 2 is 1.69 bits per heavy atom. The molecule has 0 saturated heterocycles. The van der Waals surface area contributed by atoms with Crippen molar-refractivity contribution < 1.29 is 4.39 Å². The summed E-state index contributed by atoms with van der Waals surface area (Å²) < 4.78 is 14.6. The Hall–Kier alpha value is -3.90. The Kier molecular flexibility index (Phi) is 5.21. The topological polar surface area (TPSA) is 63.6 Å². The maximum atomic E-state index is 14.6. The molecule has 1 aromatic carbocycles. The molecule has 0 aliphatic heterocycles. The van der Waals surface area contributed by atoms with Crippen LogP contribution in [-0.2, 0) is 0 Å². The molecule has 5 rings (SSSR count). The van der Waals surface area contributed by atoms with Crippen LogP contribution in [0.4, 0.5) is 10.1 Å². The van der Waals surface area contributed by atoms with Crippen molar-refractivity contribution in [3.63, 3.8) is 0 Å². The summed E-state index contributed by atoms with van der Waals surface area (Å²) in [5, 5.41) is 4.44. The zero-order valence-electron chi connectivity index (χ0n) is 17.1. The Morgan fingerprint density at radius 1 is 0.875 bits per heavy atom.